The minimum Gasteiger partial charge on any atom is -0.367 e. The number of hydrogen-bond acceptors (Lipinski definition) is 7. The van der Waals surface area contributed by atoms with E-state index < -0.39 is 10.8 Å². The Balaban J connectivity index is 1.78. The Kier molecular flexibility index (Phi) is 5.12. The summed E-state index contributed by atoms with van der Waals surface area (Å²) in [6.45, 7) is 0. The van der Waals surface area contributed by atoms with Crippen molar-refractivity contribution in [3.8, 4) is 6.07 Å². The first-order valence-corrected chi connectivity index (χ1v) is 8.29. The molecule has 2 N–H and O–H groups in total. The zero-order chi connectivity index (χ0) is 19.4. The molecule has 2 aromatic heterocycles. The fourth-order valence-corrected chi connectivity index (χ4v) is 2.82. The third kappa shape index (κ3) is 4.63. The van der Waals surface area contributed by atoms with Gasteiger partial charge >= 0.3 is 5.69 Å². The van der Waals surface area contributed by atoms with E-state index in [2.05, 4.69) is 20.6 Å². The van der Waals surface area contributed by atoms with Crippen molar-refractivity contribution in [2.45, 2.75) is 37.6 Å². The molecule has 0 aromatic carbocycles. The molecule has 2 aromatic rings. The summed E-state index contributed by atoms with van der Waals surface area (Å²) in [4.78, 5) is 18.9. The van der Waals surface area contributed by atoms with Gasteiger partial charge in [-0.1, -0.05) is 0 Å². The fraction of sp³-hybridized carbons (Fsp3) is 0.353. The third-order valence-electron chi connectivity index (χ3n) is 4.28. The molecule has 0 unspecified atom stereocenters. The number of nitrogens with one attached hydrogen (secondary N) is 2. The number of aromatic nitrogens is 2. The van der Waals surface area contributed by atoms with Crippen LogP contribution in [0.5, 0.6) is 0 Å². The van der Waals surface area contributed by atoms with Gasteiger partial charge in [0, 0.05) is 31.1 Å². The smallest absolute Gasteiger partial charge is 0.311 e. The van der Waals surface area contributed by atoms with Gasteiger partial charge in [-0.3, -0.25) is 10.1 Å². The molecule has 0 atom stereocenters. The molecule has 0 radical (unpaired) electrons. The molecule has 10 heteroatoms. The SMILES string of the molecule is N#Cc1ccc(Nc2nc(NC3CCC(F)(F)CC3)ccc2[N+](=O)[O-])nc1. The van der Waals surface area contributed by atoms with Crippen molar-refractivity contribution in [3.63, 3.8) is 0 Å². The summed E-state index contributed by atoms with van der Waals surface area (Å²) in [6, 6.07) is 7.53. The van der Waals surface area contributed by atoms with Crippen LogP contribution in [0.4, 0.5) is 31.9 Å². The molecule has 1 aliphatic rings. The largest absolute Gasteiger partial charge is 0.367 e. The van der Waals surface area contributed by atoms with E-state index >= 15 is 0 Å². The molecular formula is C17H16F2N6O2. The molecule has 140 valence electrons. The lowest BCUT2D eigenvalue weighted by molar-refractivity contribution is -0.384. The van der Waals surface area contributed by atoms with Crippen LogP contribution < -0.4 is 10.6 Å². The zero-order valence-corrected chi connectivity index (χ0v) is 14.2. The zero-order valence-electron chi connectivity index (χ0n) is 14.2. The molecule has 1 aliphatic carbocycles. The topological polar surface area (TPSA) is 117 Å². The Labute approximate surface area is 153 Å². The van der Waals surface area contributed by atoms with Gasteiger partial charge in [0.25, 0.3) is 0 Å². The summed E-state index contributed by atoms with van der Waals surface area (Å²) in [5, 5.41) is 25.9. The standard InChI is InChI=1S/C17H16F2N6O2/c18-17(19)7-5-12(6-8-17)22-15-4-2-13(25(26)27)16(24-15)23-14-3-1-11(9-20)10-21-14/h1-4,10,12H,5-8H2,(H2,21,22,23,24). The highest BCUT2D eigenvalue weighted by Gasteiger charge is 2.35. The van der Waals surface area contributed by atoms with Crippen molar-refractivity contribution in [2.24, 2.45) is 0 Å². The summed E-state index contributed by atoms with van der Waals surface area (Å²) < 4.78 is 26.5. The van der Waals surface area contributed by atoms with E-state index in [1.54, 1.807) is 0 Å². The Morgan fingerprint density at radius 2 is 1.93 bits per heavy atom. The fourth-order valence-electron chi connectivity index (χ4n) is 2.82. The van der Waals surface area contributed by atoms with Gasteiger partial charge in [-0.05, 0) is 31.0 Å². The molecule has 1 saturated carbocycles. The van der Waals surface area contributed by atoms with Crippen LogP contribution in [0.25, 0.3) is 0 Å². The quantitative estimate of drug-likeness (QED) is 0.600. The van der Waals surface area contributed by atoms with Crippen molar-refractivity contribution < 1.29 is 13.7 Å². The van der Waals surface area contributed by atoms with Gasteiger partial charge in [0.05, 0.1) is 10.5 Å². The molecule has 3 rings (SSSR count). The summed E-state index contributed by atoms with van der Waals surface area (Å²) in [7, 11) is 0. The van der Waals surface area contributed by atoms with Crippen molar-refractivity contribution in [3.05, 3.63) is 46.1 Å². The number of halogens is 2. The second-order valence-electron chi connectivity index (χ2n) is 6.26. The molecular weight excluding hydrogens is 358 g/mol. The average Bonchev–Trinajstić information content (AvgIpc) is 2.64. The van der Waals surface area contributed by atoms with Crippen molar-refractivity contribution in [2.75, 3.05) is 10.6 Å². The Bertz CT molecular complexity index is 872. The monoisotopic (exact) mass is 374 g/mol. The highest BCUT2D eigenvalue weighted by molar-refractivity contribution is 5.66. The molecule has 0 aliphatic heterocycles. The predicted molar refractivity (Wildman–Crippen MR) is 94.0 cm³/mol. The van der Waals surface area contributed by atoms with Gasteiger partial charge in [0.15, 0.2) is 0 Å². The first kappa shape index (κ1) is 18.4. The van der Waals surface area contributed by atoms with Crippen molar-refractivity contribution >= 4 is 23.1 Å². The lowest BCUT2D eigenvalue weighted by Crippen LogP contribution is -2.32. The van der Waals surface area contributed by atoms with Crippen molar-refractivity contribution in [1.82, 2.24) is 9.97 Å². The van der Waals surface area contributed by atoms with Gasteiger partial charge in [-0.15, -0.1) is 0 Å². The minimum absolute atomic E-state index is 0.0247. The van der Waals surface area contributed by atoms with E-state index in [9.17, 15) is 18.9 Å². The molecule has 0 saturated heterocycles. The number of alkyl halides is 2. The molecule has 27 heavy (non-hydrogen) atoms. The van der Waals surface area contributed by atoms with E-state index in [0.717, 1.165) is 0 Å². The minimum atomic E-state index is -2.63. The molecule has 8 nitrogen and oxygen atoms in total. The Hall–Kier alpha value is -3.35. The number of rotatable bonds is 5. The summed E-state index contributed by atoms with van der Waals surface area (Å²) >= 11 is 0. The van der Waals surface area contributed by atoms with Crippen LogP contribution in [0.15, 0.2) is 30.5 Å². The van der Waals surface area contributed by atoms with Crippen LogP contribution >= 0.6 is 0 Å². The lowest BCUT2D eigenvalue weighted by Gasteiger charge is -2.29. The highest BCUT2D eigenvalue weighted by Crippen LogP contribution is 2.34. The maximum Gasteiger partial charge on any atom is 0.311 e. The number of anilines is 3. The first-order valence-electron chi connectivity index (χ1n) is 8.29. The van der Waals surface area contributed by atoms with Gasteiger partial charge in [-0.25, -0.2) is 18.7 Å². The van der Waals surface area contributed by atoms with Crippen LogP contribution in [0.2, 0.25) is 0 Å². The van der Waals surface area contributed by atoms with E-state index in [4.69, 9.17) is 5.26 Å². The summed E-state index contributed by atoms with van der Waals surface area (Å²) in [6.07, 6.45) is 1.53. The van der Waals surface area contributed by atoms with Crippen LogP contribution in [0.1, 0.15) is 31.2 Å². The van der Waals surface area contributed by atoms with Crippen LogP contribution in [0.3, 0.4) is 0 Å². The maximum atomic E-state index is 13.3. The third-order valence-corrected chi connectivity index (χ3v) is 4.28. The Morgan fingerprint density at radius 1 is 1.22 bits per heavy atom. The number of pyridine rings is 2. The number of nitriles is 1. The summed E-state index contributed by atoms with van der Waals surface area (Å²) in [5.41, 5.74) is 0.106. The van der Waals surface area contributed by atoms with Gasteiger partial charge in [-0.2, -0.15) is 5.26 Å². The van der Waals surface area contributed by atoms with Crippen molar-refractivity contribution in [1.29, 1.82) is 5.26 Å². The van der Waals surface area contributed by atoms with Gasteiger partial charge in [0.2, 0.25) is 11.7 Å². The Morgan fingerprint density at radius 3 is 2.52 bits per heavy atom. The van der Waals surface area contributed by atoms with Crippen LogP contribution in [-0.2, 0) is 0 Å². The predicted octanol–water partition coefficient (Wildman–Crippen LogP) is 3.99. The van der Waals surface area contributed by atoms with Crippen LogP contribution in [-0.4, -0.2) is 26.9 Å². The average molecular weight is 374 g/mol. The van der Waals surface area contributed by atoms with Gasteiger partial charge < -0.3 is 10.6 Å². The molecule has 1 fully saturated rings. The molecule has 0 amide bonds. The van der Waals surface area contributed by atoms with E-state index in [-0.39, 0.29) is 30.4 Å². The lowest BCUT2D eigenvalue weighted by atomic mass is 9.92. The molecule has 0 spiro atoms. The molecule has 2 heterocycles. The number of nitro groups is 1. The second kappa shape index (κ2) is 7.49. The number of hydrogen-bond donors (Lipinski definition) is 2. The maximum absolute atomic E-state index is 13.3. The van der Waals surface area contributed by atoms with E-state index in [0.29, 0.717) is 30.0 Å². The van der Waals surface area contributed by atoms with Gasteiger partial charge in [0.1, 0.15) is 17.7 Å². The highest BCUT2D eigenvalue weighted by atomic mass is 19.3. The summed E-state index contributed by atoms with van der Waals surface area (Å²) in [5.74, 6) is -2.01. The molecule has 0 bridgehead atoms. The van der Waals surface area contributed by atoms with E-state index in [1.165, 1.54) is 30.5 Å². The van der Waals surface area contributed by atoms with E-state index in [1.807, 2.05) is 6.07 Å². The van der Waals surface area contributed by atoms with Crippen LogP contribution in [0, 0.1) is 21.4 Å². The normalized spacial score (nSPS) is 16.3. The number of nitrogens with zero attached hydrogens (tertiary/aromatic N) is 4. The first-order chi connectivity index (χ1) is 12.9. The second-order valence-corrected chi connectivity index (χ2v) is 6.26.